The Morgan fingerprint density at radius 3 is 2.51 bits per heavy atom. The molecular formula is C22H19ClF4N4O3S. The van der Waals surface area contributed by atoms with Gasteiger partial charge in [-0.25, -0.2) is 17.8 Å². The number of hydrogen-bond donors (Lipinski definition) is 1. The monoisotopic (exact) mass is 530 g/mol. The fourth-order valence-corrected chi connectivity index (χ4v) is 5.79. The van der Waals surface area contributed by atoms with E-state index in [-0.39, 0.29) is 18.1 Å². The van der Waals surface area contributed by atoms with E-state index in [0.717, 1.165) is 22.5 Å². The number of alkyl halides is 3. The lowest BCUT2D eigenvalue weighted by Crippen LogP contribution is -2.40. The summed E-state index contributed by atoms with van der Waals surface area (Å²) in [6.45, 7) is -0.313. The molecule has 1 amide bonds. The molecule has 3 aromatic rings. The van der Waals surface area contributed by atoms with Gasteiger partial charge in [0.1, 0.15) is 5.82 Å². The van der Waals surface area contributed by atoms with Gasteiger partial charge in [0.05, 0.1) is 28.5 Å². The molecule has 2 aromatic carbocycles. The maximum absolute atomic E-state index is 13.9. The predicted molar refractivity (Wildman–Crippen MR) is 119 cm³/mol. The Balaban J connectivity index is 1.67. The second-order valence-corrected chi connectivity index (χ2v) is 10.4. The SMILES string of the molecule is Cn1cnc(S(=O)(=O)N2CC(NC(=O)c3cccc(C(F)(F)F)c3Cl)C(c3cccc(F)c3)C2)c1. The number of imidazole rings is 1. The van der Waals surface area contributed by atoms with Gasteiger partial charge in [0.15, 0.2) is 5.03 Å². The molecule has 7 nitrogen and oxygen atoms in total. The number of rotatable bonds is 5. The number of carbonyl (C=O) groups is 1. The van der Waals surface area contributed by atoms with E-state index < -0.39 is 56.0 Å². The maximum atomic E-state index is 13.9. The number of sulfonamides is 1. The molecule has 35 heavy (non-hydrogen) atoms. The lowest BCUT2D eigenvalue weighted by molar-refractivity contribution is -0.137. The van der Waals surface area contributed by atoms with Gasteiger partial charge in [-0.1, -0.05) is 29.8 Å². The van der Waals surface area contributed by atoms with Crippen LogP contribution in [0.1, 0.15) is 27.4 Å². The van der Waals surface area contributed by atoms with Crippen molar-refractivity contribution in [2.24, 2.45) is 7.05 Å². The normalized spacial score (nSPS) is 19.1. The summed E-state index contributed by atoms with van der Waals surface area (Å²) in [7, 11) is -2.45. The number of aryl methyl sites for hydroxylation is 1. The van der Waals surface area contributed by atoms with E-state index >= 15 is 0 Å². The molecule has 0 bridgehead atoms. The van der Waals surface area contributed by atoms with Crippen molar-refractivity contribution in [3.63, 3.8) is 0 Å². The van der Waals surface area contributed by atoms with E-state index in [1.807, 2.05) is 0 Å². The molecule has 1 saturated heterocycles. The van der Waals surface area contributed by atoms with Crippen molar-refractivity contribution in [3.05, 3.63) is 82.5 Å². The van der Waals surface area contributed by atoms with Crippen LogP contribution < -0.4 is 5.32 Å². The summed E-state index contributed by atoms with van der Waals surface area (Å²) in [4.78, 5) is 16.8. The van der Waals surface area contributed by atoms with E-state index in [1.54, 1.807) is 13.1 Å². The van der Waals surface area contributed by atoms with E-state index in [0.29, 0.717) is 5.56 Å². The van der Waals surface area contributed by atoms with E-state index in [4.69, 9.17) is 11.6 Å². The van der Waals surface area contributed by atoms with Crippen LogP contribution in [0.2, 0.25) is 5.02 Å². The summed E-state index contributed by atoms with van der Waals surface area (Å²) >= 11 is 5.88. The molecule has 0 aliphatic carbocycles. The van der Waals surface area contributed by atoms with Gasteiger partial charge in [-0.15, -0.1) is 0 Å². The first-order valence-corrected chi connectivity index (χ1v) is 12.1. The third kappa shape index (κ3) is 5.04. The highest BCUT2D eigenvalue weighted by Crippen LogP contribution is 2.37. The van der Waals surface area contributed by atoms with Crippen LogP contribution in [0.5, 0.6) is 0 Å². The van der Waals surface area contributed by atoms with Crippen molar-refractivity contribution >= 4 is 27.5 Å². The van der Waals surface area contributed by atoms with Gasteiger partial charge in [0.25, 0.3) is 15.9 Å². The number of hydrogen-bond acceptors (Lipinski definition) is 4. The van der Waals surface area contributed by atoms with Crippen LogP contribution in [0.15, 0.2) is 60.0 Å². The third-order valence-corrected chi connectivity index (χ3v) is 7.84. The Kier molecular flexibility index (Phi) is 6.64. The fraction of sp³-hybridized carbons (Fsp3) is 0.273. The van der Waals surface area contributed by atoms with Gasteiger partial charge in [0.2, 0.25) is 0 Å². The zero-order valence-corrected chi connectivity index (χ0v) is 19.7. The zero-order chi connectivity index (χ0) is 25.5. The summed E-state index contributed by atoms with van der Waals surface area (Å²) in [6, 6.07) is 7.54. The topological polar surface area (TPSA) is 84.3 Å². The highest BCUT2D eigenvalue weighted by molar-refractivity contribution is 7.89. The fourth-order valence-electron chi connectivity index (χ4n) is 4.01. The number of halogens is 5. The highest BCUT2D eigenvalue weighted by atomic mass is 35.5. The van der Waals surface area contributed by atoms with Crippen LogP contribution in [0, 0.1) is 5.82 Å². The average molecular weight is 531 g/mol. The summed E-state index contributed by atoms with van der Waals surface area (Å²) in [5, 5.41) is 1.63. The molecule has 1 N–H and O–H groups in total. The lowest BCUT2D eigenvalue weighted by Gasteiger charge is -2.21. The van der Waals surface area contributed by atoms with Crippen molar-refractivity contribution in [1.82, 2.24) is 19.2 Å². The van der Waals surface area contributed by atoms with Crippen molar-refractivity contribution in [2.45, 2.75) is 23.2 Å². The summed E-state index contributed by atoms with van der Waals surface area (Å²) in [5.74, 6) is -2.15. The lowest BCUT2D eigenvalue weighted by atomic mass is 9.94. The molecule has 0 saturated carbocycles. The second-order valence-electron chi connectivity index (χ2n) is 8.11. The molecule has 2 heterocycles. The molecular weight excluding hydrogens is 512 g/mol. The van der Waals surface area contributed by atoms with Crippen LogP contribution >= 0.6 is 11.6 Å². The molecule has 0 spiro atoms. The smallest absolute Gasteiger partial charge is 0.347 e. The largest absolute Gasteiger partial charge is 0.417 e. The van der Waals surface area contributed by atoms with Crippen molar-refractivity contribution < 1.29 is 30.8 Å². The number of benzene rings is 2. The molecule has 186 valence electrons. The Labute approximate surface area is 203 Å². The second kappa shape index (κ2) is 9.25. The maximum Gasteiger partial charge on any atom is 0.417 e. The van der Waals surface area contributed by atoms with Gasteiger partial charge in [0, 0.05) is 32.3 Å². The number of amides is 1. The van der Waals surface area contributed by atoms with E-state index in [1.165, 1.54) is 35.3 Å². The zero-order valence-electron chi connectivity index (χ0n) is 18.1. The quantitative estimate of drug-likeness (QED) is 0.508. The summed E-state index contributed by atoms with van der Waals surface area (Å²) in [5.41, 5.74) is -1.16. The number of nitrogens with zero attached hydrogens (tertiary/aromatic N) is 3. The number of carbonyl (C=O) groups excluding carboxylic acids is 1. The minimum absolute atomic E-state index is 0.108. The summed E-state index contributed by atoms with van der Waals surface area (Å²) < 4.78 is 82.4. The molecule has 2 unspecified atom stereocenters. The van der Waals surface area contributed by atoms with E-state index in [2.05, 4.69) is 10.3 Å². The van der Waals surface area contributed by atoms with Crippen LogP contribution in [-0.4, -0.2) is 47.3 Å². The van der Waals surface area contributed by atoms with Gasteiger partial charge in [-0.3, -0.25) is 4.79 Å². The van der Waals surface area contributed by atoms with Crippen molar-refractivity contribution in [2.75, 3.05) is 13.1 Å². The van der Waals surface area contributed by atoms with Crippen molar-refractivity contribution in [3.8, 4) is 0 Å². The van der Waals surface area contributed by atoms with Crippen LogP contribution in [-0.2, 0) is 23.2 Å². The molecule has 4 rings (SSSR count). The van der Waals surface area contributed by atoms with Crippen LogP contribution in [0.25, 0.3) is 0 Å². The Bertz CT molecular complexity index is 1380. The third-order valence-electron chi connectivity index (χ3n) is 5.71. The number of aromatic nitrogens is 2. The van der Waals surface area contributed by atoms with E-state index in [9.17, 15) is 30.8 Å². The minimum atomic E-state index is -4.77. The Hall–Kier alpha value is -2.96. The Morgan fingerprint density at radius 1 is 1.17 bits per heavy atom. The van der Waals surface area contributed by atoms with Gasteiger partial charge in [-0.2, -0.15) is 17.5 Å². The van der Waals surface area contributed by atoms with Gasteiger partial charge in [-0.05, 0) is 29.8 Å². The first-order chi connectivity index (χ1) is 16.4. The predicted octanol–water partition coefficient (Wildman–Crippen LogP) is 3.82. The molecule has 1 fully saturated rings. The van der Waals surface area contributed by atoms with Crippen LogP contribution in [0.3, 0.4) is 0 Å². The molecule has 1 aromatic heterocycles. The Morgan fingerprint density at radius 2 is 1.89 bits per heavy atom. The van der Waals surface area contributed by atoms with Crippen LogP contribution in [0.4, 0.5) is 17.6 Å². The van der Waals surface area contributed by atoms with Crippen molar-refractivity contribution in [1.29, 1.82) is 0 Å². The number of nitrogens with one attached hydrogen (secondary N) is 1. The molecule has 0 radical (unpaired) electrons. The molecule has 2 atom stereocenters. The first kappa shape index (κ1) is 25.1. The first-order valence-electron chi connectivity index (χ1n) is 10.3. The molecule has 1 aliphatic rings. The van der Waals surface area contributed by atoms with Gasteiger partial charge >= 0.3 is 6.18 Å². The molecule has 1 aliphatic heterocycles. The molecule has 13 heteroatoms. The minimum Gasteiger partial charge on any atom is -0.347 e. The average Bonchev–Trinajstić information content (AvgIpc) is 3.40. The highest BCUT2D eigenvalue weighted by Gasteiger charge is 2.42. The van der Waals surface area contributed by atoms with Gasteiger partial charge < -0.3 is 9.88 Å². The standard InChI is InChI=1S/C22H19ClF4N4O3S/c1-30-11-19(28-12-30)35(33,34)31-9-16(13-4-2-5-14(24)8-13)18(10-31)29-21(32)15-6-3-7-17(20(15)23)22(25,26)27/h2-8,11-12,16,18H,9-10H2,1H3,(H,29,32). The summed E-state index contributed by atoms with van der Waals surface area (Å²) in [6.07, 6.45) is -2.12.